The fourth-order valence-corrected chi connectivity index (χ4v) is 2.81. The lowest BCUT2D eigenvalue weighted by Crippen LogP contribution is -2.29. The van der Waals surface area contributed by atoms with Gasteiger partial charge >= 0.3 is 0 Å². The Kier molecular flexibility index (Phi) is 4.91. The van der Waals surface area contributed by atoms with Crippen LogP contribution in [-0.4, -0.2) is 38.5 Å². The number of phenols is 1. The minimum Gasteiger partial charge on any atom is -0.507 e. The van der Waals surface area contributed by atoms with E-state index in [1.165, 1.54) is 6.07 Å². The van der Waals surface area contributed by atoms with Gasteiger partial charge in [-0.1, -0.05) is 17.7 Å². The number of rotatable bonds is 5. The molecule has 5 N–H and O–H groups in total. The maximum Gasteiger partial charge on any atom is 0.248 e. The second-order valence-electron chi connectivity index (χ2n) is 6.85. The van der Waals surface area contributed by atoms with Gasteiger partial charge in [0.25, 0.3) is 0 Å². The molecule has 0 spiro atoms. The Morgan fingerprint density at radius 1 is 1.19 bits per heavy atom. The molecule has 3 aromatic rings. The highest BCUT2D eigenvalue weighted by Gasteiger charge is 2.18. The van der Waals surface area contributed by atoms with E-state index in [2.05, 4.69) is 15.5 Å². The number of aliphatic hydroxyl groups is 1. The van der Waals surface area contributed by atoms with E-state index in [4.69, 9.17) is 17.3 Å². The smallest absolute Gasteiger partial charge is 0.248 e. The Bertz CT molecular complexity index is 1030. The Morgan fingerprint density at radius 3 is 2.56 bits per heavy atom. The molecule has 0 atom stereocenters. The molecule has 0 aliphatic heterocycles. The summed E-state index contributed by atoms with van der Waals surface area (Å²) >= 11 is 5.91. The monoisotopic (exact) mass is 386 g/mol. The molecule has 0 bridgehead atoms. The van der Waals surface area contributed by atoms with Crippen LogP contribution in [-0.2, 0) is 0 Å². The van der Waals surface area contributed by atoms with Crippen molar-refractivity contribution < 1.29 is 15.0 Å². The summed E-state index contributed by atoms with van der Waals surface area (Å²) in [6.45, 7) is 3.54. The van der Waals surface area contributed by atoms with Crippen LogP contribution in [0.25, 0.3) is 22.0 Å². The standard InChI is InChI=1S/C19H19ClN4O3/c1-19(2,27)9-22-18-14-7-10(17(21)26)3-5-12(14)16(23-24-18)13-6-4-11(20)8-15(13)25/h3-8,25,27H,9H2,1-2H3,(H2,21,26)(H,22,24). The van der Waals surface area contributed by atoms with Gasteiger partial charge in [-0.25, -0.2) is 0 Å². The fraction of sp³-hybridized carbons (Fsp3) is 0.211. The number of anilines is 1. The first-order chi connectivity index (χ1) is 12.7. The van der Waals surface area contributed by atoms with E-state index in [1.807, 2.05) is 0 Å². The molecule has 140 valence electrons. The number of primary amides is 1. The molecule has 8 heteroatoms. The van der Waals surface area contributed by atoms with E-state index in [0.717, 1.165) is 0 Å². The zero-order valence-electron chi connectivity index (χ0n) is 14.8. The number of amides is 1. The van der Waals surface area contributed by atoms with Gasteiger partial charge in [0.15, 0.2) is 5.82 Å². The molecule has 1 aromatic heterocycles. The highest BCUT2D eigenvalue weighted by atomic mass is 35.5. The van der Waals surface area contributed by atoms with Crippen LogP contribution in [0.5, 0.6) is 5.75 Å². The van der Waals surface area contributed by atoms with Gasteiger partial charge < -0.3 is 21.3 Å². The first kappa shape index (κ1) is 18.9. The second-order valence-corrected chi connectivity index (χ2v) is 7.29. The van der Waals surface area contributed by atoms with Crippen molar-refractivity contribution in [2.24, 2.45) is 5.73 Å². The van der Waals surface area contributed by atoms with Gasteiger partial charge in [-0.15, -0.1) is 10.2 Å². The number of carbonyl (C=O) groups excluding carboxylic acids is 1. The van der Waals surface area contributed by atoms with Crippen LogP contribution < -0.4 is 11.1 Å². The predicted molar refractivity (Wildman–Crippen MR) is 105 cm³/mol. The third kappa shape index (κ3) is 4.10. The van der Waals surface area contributed by atoms with Crippen LogP contribution in [0.15, 0.2) is 36.4 Å². The zero-order valence-corrected chi connectivity index (χ0v) is 15.6. The lowest BCUT2D eigenvalue weighted by Gasteiger charge is -2.19. The van der Waals surface area contributed by atoms with E-state index in [9.17, 15) is 15.0 Å². The van der Waals surface area contributed by atoms with Crippen molar-refractivity contribution in [2.45, 2.75) is 19.4 Å². The van der Waals surface area contributed by atoms with Gasteiger partial charge in [-0.3, -0.25) is 4.79 Å². The Balaban J connectivity index is 2.21. The topological polar surface area (TPSA) is 121 Å². The molecular formula is C19H19ClN4O3. The first-order valence-corrected chi connectivity index (χ1v) is 8.59. The van der Waals surface area contributed by atoms with E-state index in [-0.39, 0.29) is 12.3 Å². The largest absolute Gasteiger partial charge is 0.507 e. The van der Waals surface area contributed by atoms with Gasteiger partial charge in [0.2, 0.25) is 5.91 Å². The number of nitrogens with one attached hydrogen (secondary N) is 1. The van der Waals surface area contributed by atoms with Crippen molar-refractivity contribution in [3.63, 3.8) is 0 Å². The second kappa shape index (κ2) is 7.02. The van der Waals surface area contributed by atoms with Crippen LogP contribution in [0.3, 0.4) is 0 Å². The number of benzene rings is 2. The minimum absolute atomic E-state index is 0.0331. The highest BCUT2D eigenvalue weighted by Crippen LogP contribution is 2.36. The molecule has 0 saturated carbocycles. The molecular weight excluding hydrogens is 368 g/mol. The third-order valence-corrected chi connectivity index (χ3v) is 4.20. The van der Waals surface area contributed by atoms with E-state index in [0.29, 0.717) is 38.4 Å². The molecule has 0 fully saturated rings. The van der Waals surface area contributed by atoms with Crippen molar-refractivity contribution in [1.82, 2.24) is 10.2 Å². The van der Waals surface area contributed by atoms with Gasteiger partial charge in [0.05, 0.1) is 5.60 Å². The van der Waals surface area contributed by atoms with Gasteiger partial charge in [-0.2, -0.15) is 0 Å². The summed E-state index contributed by atoms with van der Waals surface area (Å²) in [6.07, 6.45) is 0. The van der Waals surface area contributed by atoms with Gasteiger partial charge in [0.1, 0.15) is 11.4 Å². The van der Waals surface area contributed by atoms with Crippen molar-refractivity contribution >= 4 is 34.1 Å². The summed E-state index contributed by atoms with van der Waals surface area (Å²) in [6, 6.07) is 9.60. The Labute approximate surface area is 160 Å². The van der Waals surface area contributed by atoms with Gasteiger partial charge in [0, 0.05) is 33.5 Å². The van der Waals surface area contributed by atoms with Gasteiger partial charge in [-0.05, 0) is 44.2 Å². The summed E-state index contributed by atoms with van der Waals surface area (Å²) in [7, 11) is 0. The van der Waals surface area contributed by atoms with E-state index in [1.54, 1.807) is 44.2 Å². The molecule has 2 aromatic carbocycles. The fourth-order valence-electron chi connectivity index (χ4n) is 2.64. The number of aromatic hydroxyl groups is 1. The number of phenolic OH excluding ortho intramolecular Hbond substituents is 1. The SMILES string of the molecule is CC(C)(O)CNc1nnc(-c2ccc(Cl)cc2O)c2ccc(C(N)=O)cc12. The lowest BCUT2D eigenvalue weighted by molar-refractivity contribution is 0.0943. The summed E-state index contributed by atoms with van der Waals surface area (Å²) in [5, 5.41) is 33.3. The van der Waals surface area contributed by atoms with Crippen LogP contribution >= 0.6 is 11.6 Å². The molecule has 1 amide bonds. The molecule has 3 rings (SSSR count). The lowest BCUT2D eigenvalue weighted by atomic mass is 10.0. The maximum absolute atomic E-state index is 11.6. The molecule has 27 heavy (non-hydrogen) atoms. The number of carbonyl (C=O) groups is 1. The predicted octanol–water partition coefficient (Wildman–Crippen LogP) is 2.94. The average Bonchev–Trinajstić information content (AvgIpc) is 2.59. The summed E-state index contributed by atoms with van der Waals surface area (Å²) in [5.74, 6) is -0.209. The number of fused-ring (bicyclic) bond motifs is 1. The molecule has 0 saturated heterocycles. The molecule has 0 aliphatic carbocycles. The number of aromatic nitrogens is 2. The molecule has 0 aliphatic rings. The molecule has 1 heterocycles. The van der Waals surface area contributed by atoms with Crippen molar-refractivity contribution in [1.29, 1.82) is 0 Å². The molecule has 0 unspecified atom stereocenters. The maximum atomic E-state index is 11.6. The van der Waals surface area contributed by atoms with E-state index < -0.39 is 11.5 Å². The van der Waals surface area contributed by atoms with Crippen LogP contribution in [0.4, 0.5) is 5.82 Å². The van der Waals surface area contributed by atoms with Crippen LogP contribution in [0.2, 0.25) is 5.02 Å². The number of hydrogen-bond donors (Lipinski definition) is 4. The normalized spacial score (nSPS) is 11.6. The molecule has 0 radical (unpaired) electrons. The van der Waals surface area contributed by atoms with E-state index >= 15 is 0 Å². The van der Waals surface area contributed by atoms with Crippen LogP contribution in [0.1, 0.15) is 24.2 Å². The zero-order chi connectivity index (χ0) is 19.8. The molecule has 7 nitrogen and oxygen atoms in total. The number of nitrogens with two attached hydrogens (primary N) is 1. The number of halogens is 1. The summed E-state index contributed by atoms with van der Waals surface area (Å²) in [4.78, 5) is 11.6. The average molecular weight is 387 g/mol. The first-order valence-electron chi connectivity index (χ1n) is 8.21. The van der Waals surface area contributed by atoms with Crippen molar-refractivity contribution in [2.75, 3.05) is 11.9 Å². The number of nitrogens with zero attached hydrogens (tertiary/aromatic N) is 2. The quantitative estimate of drug-likeness (QED) is 0.535. The Hall–Kier alpha value is -2.90. The van der Waals surface area contributed by atoms with Crippen molar-refractivity contribution in [3.05, 3.63) is 47.0 Å². The minimum atomic E-state index is -0.970. The summed E-state index contributed by atoms with van der Waals surface area (Å²) in [5.41, 5.74) is 5.63. The third-order valence-electron chi connectivity index (χ3n) is 3.97. The Morgan fingerprint density at radius 2 is 1.93 bits per heavy atom. The summed E-state index contributed by atoms with van der Waals surface area (Å²) < 4.78 is 0. The van der Waals surface area contributed by atoms with Crippen molar-refractivity contribution in [3.8, 4) is 17.0 Å². The highest BCUT2D eigenvalue weighted by molar-refractivity contribution is 6.30. The van der Waals surface area contributed by atoms with Crippen LogP contribution in [0, 0.1) is 0 Å². The number of hydrogen-bond acceptors (Lipinski definition) is 6.